The highest BCUT2D eigenvalue weighted by Crippen LogP contribution is 2.22. The fourth-order valence-electron chi connectivity index (χ4n) is 3.24. The molecule has 0 radical (unpaired) electrons. The number of rotatable bonds is 8. The average molecular weight is 465 g/mol. The molecule has 1 N–H and O–H groups in total. The van der Waals surface area contributed by atoms with Gasteiger partial charge in [0.15, 0.2) is 6.10 Å². The molecule has 1 amide bonds. The lowest BCUT2D eigenvalue weighted by molar-refractivity contribution is -0.127. The first kappa shape index (κ1) is 23.4. The SMILES string of the molecule is C[C@H](Oc1ccc(-c2ccccc2)cc1)C(=O)N/N=C\c1ccc(OC(=O)c2ccccc2)cc1. The fraction of sp³-hybridized carbons (Fsp3) is 0.0690. The van der Waals surface area contributed by atoms with Crippen LogP contribution < -0.4 is 14.9 Å². The molecule has 174 valence electrons. The van der Waals surface area contributed by atoms with Crippen LogP contribution in [-0.2, 0) is 4.79 Å². The first-order chi connectivity index (χ1) is 17.1. The van der Waals surface area contributed by atoms with Crippen LogP contribution in [0.3, 0.4) is 0 Å². The fourth-order valence-corrected chi connectivity index (χ4v) is 3.24. The Morgan fingerprint density at radius 3 is 1.97 bits per heavy atom. The topological polar surface area (TPSA) is 77.0 Å². The van der Waals surface area contributed by atoms with E-state index < -0.39 is 12.1 Å². The molecule has 1 atom stereocenters. The molecule has 0 saturated heterocycles. The highest BCUT2D eigenvalue weighted by Gasteiger charge is 2.14. The molecule has 6 heteroatoms. The van der Waals surface area contributed by atoms with Gasteiger partial charge in [0.2, 0.25) is 0 Å². The van der Waals surface area contributed by atoms with Gasteiger partial charge in [0.1, 0.15) is 11.5 Å². The quantitative estimate of drug-likeness (QED) is 0.162. The summed E-state index contributed by atoms with van der Waals surface area (Å²) in [4.78, 5) is 24.4. The molecule has 0 saturated carbocycles. The number of nitrogens with zero attached hydrogens (tertiary/aromatic N) is 1. The number of esters is 1. The van der Waals surface area contributed by atoms with E-state index in [2.05, 4.69) is 10.5 Å². The van der Waals surface area contributed by atoms with Gasteiger partial charge >= 0.3 is 5.97 Å². The summed E-state index contributed by atoms with van der Waals surface area (Å²) < 4.78 is 11.1. The van der Waals surface area contributed by atoms with Crippen molar-refractivity contribution in [2.24, 2.45) is 5.10 Å². The maximum atomic E-state index is 12.3. The monoisotopic (exact) mass is 464 g/mol. The Balaban J connectivity index is 1.26. The Morgan fingerprint density at radius 2 is 1.31 bits per heavy atom. The summed E-state index contributed by atoms with van der Waals surface area (Å²) in [5.74, 6) is 0.210. The van der Waals surface area contributed by atoms with Crippen molar-refractivity contribution in [1.29, 1.82) is 0 Å². The third-order valence-electron chi connectivity index (χ3n) is 5.13. The molecule has 0 bridgehead atoms. The van der Waals surface area contributed by atoms with E-state index in [4.69, 9.17) is 9.47 Å². The summed E-state index contributed by atoms with van der Waals surface area (Å²) in [6, 6.07) is 33.2. The number of carbonyl (C=O) groups excluding carboxylic acids is 2. The summed E-state index contributed by atoms with van der Waals surface area (Å²) in [5, 5.41) is 3.98. The molecule has 0 fully saturated rings. The number of ether oxygens (including phenoxy) is 2. The Labute approximate surface area is 203 Å². The minimum atomic E-state index is -0.727. The first-order valence-corrected chi connectivity index (χ1v) is 11.1. The molecule has 4 rings (SSSR count). The van der Waals surface area contributed by atoms with Crippen LogP contribution in [0.4, 0.5) is 0 Å². The van der Waals surface area contributed by atoms with E-state index in [1.165, 1.54) is 6.21 Å². The van der Waals surface area contributed by atoms with Crippen LogP contribution in [-0.4, -0.2) is 24.2 Å². The van der Waals surface area contributed by atoms with Crippen LogP contribution in [0.5, 0.6) is 11.5 Å². The zero-order valence-corrected chi connectivity index (χ0v) is 19.1. The summed E-state index contributed by atoms with van der Waals surface area (Å²) in [5.41, 5.74) is 5.87. The van der Waals surface area contributed by atoms with E-state index in [0.717, 1.165) is 16.7 Å². The van der Waals surface area contributed by atoms with Crippen molar-refractivity contribution in [2.75, 3.05) is 0 Å². The molecule has 0 heterocycles. The smallest absolute Gasteiger partial charge is 0.343 e. The van der Waals surface area contributed by atoms with Crippen molar-refractivity contribution >= 4 is 18.1 Å². The van der Waals surface area contributed by atoms with Gasteiger partial charge in [0.05, 0.1) is 11.8 Å². The normalized spacial score (nSPS) is 11.6. The van der Waals surface area contributed by atoms with Crippen molar-refractivity contribution in [1.82, 2.24) is 5.43 Å². The van der Waals surface area contributed by atoms with Crippen LogP contribution in [0.25, 0.3) is 11.1 Å². The lowest BCUT2D eigenvalue weighted by Gasteiger charge is -2.13. The number of hydrogen-bond donors (Lipinski definition) is 1. The van der Waals surface area contributed by atoms with Crippen LogP contribution in [0.2, 0.25) is 0 Å². The highest BCUT2D eigenvalue weighted by molar-refractivity contribution is 5.91. The highest BCUT2D eigenvalue weighted by atomic mass is 16.5. The number of nitrogens with one attached hydrogen (secondary N) is 1. The van der Waals surface area contributed by atoms with E-state index in [9.17, 15) is 9.59 Å². The van der Waals surface area contributed by atoms with Crippen molar-refractivity contribution < 1.29 is 19.1 Å². The van der Waals surface area contributed by atoms with Gasteiger partial charge in [-0.2, -0.15) is 5.10 Å². The van der Waals surface area contributed by atoms with Gasteiger partial charge in [0.25, 0.3) is 5.91 Å². The standard InChI is InChI=1S/C29H24N2O4/c1-21(34-26-18-14-24(15-19-26)23-8-4-2-5-9-23)28(32)31-30-20-22-12-16-27(17-13-22)35-29(33)25-10-6-3-7-11-25/h2-21H,1H3,(H,31,32)/b30-20-/t21-/m0/s1. The molecule has 0 spiro atoms. The minimum absolute atomic E-state index is 0.373. The Hall–Kier alpha value is -4.71. The zero-order valence-electron chi connectivity index (χ0n) is 19.1. The number of benzene rings is 4. The van der Waals surface area contributed by atoms with Gasteiger partial charge in [-0.3, -0.25) is 4.79 Å². The summed E-state index contributed by atoms with van der Waals surface area (Å²) >= 11 is 0. The molecular weight excluding hydrogens is 440 g/mol. The van der Waals surface area contributed by atoms with E-state index in [1.54, 1.807) is 55.5 Å². The molecule has 0 aliphatic heterocycles. The Kier molecular flexibility index (Phi) is 7.66. The predicted octanol–water partition coefficient (Wildman–Crippen LogP) is 5.49. The van der Waals surface area contributed by atoms with Gasteiger partial charge in [-0.15, -0.1) is 0 Å². The average Bonchev–Trinajstić information content (AvgIpc) is 2.91. The van der Waals surface area contributed by atoms with Crippen LogP contribution in [0.15, 0.2) is 114 Å². The molecule has 35 heavy (non-hydrogen) atoms. The number of amides is 1. The maximum absolute atomic E-state index is 12.3. The van der Waals surface area contributed by atoms with Crippen LogP contribution >= 0.6 is 0 Å². The van der Waals surface area contributed by atoms with Gasteiger partial charge < -0.3 is 9.47 Å². The first-order valence-electron chi connectivity index (χ1n) is 11.1. The lowest BCUT2D eigenvalue weighted by atomic mass is 10.1. The van der Waals surface area contributed by atoms with Gasteiger partial charge in [-0.05, 0) is 72.1 Å². The van der Waals surface area contributed by atoms with Crippen molar-refractivity contribution in [3.8, 4) is 22.6 Å². The lowest BCUT2D eigenvalue weighted by Crippen LogP contribution is -2.33. The number of hydrogen-bond acceptors (Lipinski definition) is 5. The second kappa shape index (κ2) is 11.4. The third-order valence-corrected chi connectivity index (χ3v) is 5.13. The van der Waals surface area contributed by atoms with Crippen LogP contribution in [0.1, 0.15) is 22.8 Å². The second-order valence-corrected chi connectivity index (χ2v) is 7.71. The molecule has 0 unspecified atom stereocenters. The van der Waals surface area contributed by atoms with Crippen LogP contribution in [0, 0.1) is 0 Å². The summed E-state index contributed by atoms with van der Waals surface area (Å²) in [6.07, 6.45) is 0.775. The van der Waals surface area contributed by atoms with Gasteiger partial charge in [-0.25, -0.2) is 10.2 Å². The third kappa shape index (κ3) is 6.65. The number of hydrazone groups is 1. The summed E-state index contributed by atoms with van der Waals surface area (Å²) in [6.45, 7) is 1.66. The predicted molar refractivity (Wildman–Crippen MR) is 136 cm³/mol. The Morgan fingerprint density at radius 1 is 0.743 bits per heavy atom. The molecular formula is C29H24N2O4. The molecule has 6 nitrogen and oxygen atoms in total. The van der Waals surface area contributed by atoms with Gasteiger partial charge in [0, 0.05) is 0 Å². The molecule has 0 aliphatic rings. The molecule has 4 aromatic rings. The van der Waals surface area contributed by atoms with E-state index >= 15 is 0 Å². The molecule has 0 aliphatic carbocycles. The van der Waals surface area contributed by atoms with E-state index in [0.29, 0.717) is 17.1 Å². The minimum Gasteiger partial charge on any atom is -0.481 e. The van der Waals surface area contributed by atoms with Crippen molar-refractivity contribution in [3.05, 3.63) is 120 Å². The molecule has 4 aromatic carbocycles. The van der Waals surface area contributed by atoms with Crippen molar-refractivity contribution in [3.63, 3.8) is 0 Å². The van der Waals surface area contributed by atoms with Gasteiger partial charge in [-0.1, -0.05) is 60.7 Å². The zero-order chi connectivity index (χ0) is 24.5. The molecule has 0 aromatic heterocycles. The van der Waals surface area contributed by atoms with E-state index in [-0.39, 0.29) is 5.91 Å². The largest absolute Gasteiger partial charge is 0.481 e. The second-order valence-electron chi connectivity index (χ2n) is 7.71. The number of carbonyl (C=O) groups is 2. The Bertz CT molecular complexity index is 1290. The van der Waals surface area contributed by atoms with E-state index in [1.807, 2.05) is 60.7 Å². The summed E-state index contributed by atoms with van der Waals surface area (Å²) in [7, 11) is 0. The maximum Gasteiger partial charge on any atom is 0.343 e. The van der Waals surface area contributed by atoms with Crippen molar-refractivity contribution in [2.45, 2.75) is 13.0 Å².